The molecule has 0 rings (SSSR count). The fraction of sp³-hybridized carbons (Fsp3) is 0.571. The summed E-state index contributed by atoms with van der Waals surface area (Å²) in [6, 6.07) is -1.41. The van der Waals surface area contributed by atoms with Gasteiger partial charge in [-0.15, -0.1) is 0 Å². The molecule has 84 valence electrons. The van der Waals surface area contributed by atoms with Gasteiger partial charge in [0.2, 0.25) is 0 Å². The van der Waals surface area contributed by atoms with Crippen LogP contribution in [0.5, 0.6) is 0 Å². The van der Waals surface area contributed by atoms with Crippen molar-refractivity contribution in [3.05, 3.63) is 0 Å². The topological polar surface area (TPSA) is 127 Å². The zero-order valence-electron chi connectivity index (χ0n) is 7.47. The third kappa shape index (κ3) is 10.3. The van der Waals surface area contributed by atoms with Gasteiger partial charge in [0.1, 0.15) is 12.1 Å². The van der Waals surface area contributed by atoms with Gasteiger partial charge in [-0.3, -0.25) is 9.59 Å². The van der Waals surface area contributed by atoms with E-state index in [0.717, 1.165) is 6.92 Å². The summed E-state index contributed by atoms with van der Waals surface area (Å²) < 4.78 is 4.06. The Labute approximate surface area is 157 Å². The standard InChI is InChI=1S/C7H11NO6.K.Na.2H/c1-3(9)7(13)14-5(10)2-4(8)6(11)12;;;;/h3-4,9H,2,8H2,1H3,(H,11,12);;;;/t3?,4-;;;;/m0..../s1. The van der Waals surface area contributed by atoms with Gasteiger partial charge >= 0.3 is 98.8 Å². The van der Waals surface area contributed by atoms with E-state index in [-0.39, 0.29) is 80.9 Å². The van der Waals surface area contributed by atoms with Crippen LogP contribution in [0.15, 0.2) is 0 Å². The van der Waals surface area contributed by atoms with E-state index in [1.807, 2.05) is 0 Å². The first-order valence-corrected chi connectivity index (χ1v) is 3.75. The Kier molecular flexibility index (Phi) is 15.7. The first-order chi connectivity index (χ1) is 6.34. The summed E-state index contributed by atoms with van der Waals surface area (Å²) in [7, 11) is 0. The van der Waals surface area contributed by atoms with E-state index in [1.165, 1.54) is 0 Å². The number of carbonyl (C=O) groups is 3. The molecule has 7 nitrogen and oxygen atoms in total. The number of hydrogen-bond acceptors (Lipinski definition) is 6. The molecule has 0 spiro atoms. The number of aliphatic hydroxyl groups excluding tert-OH is 1. The van der Waals surface area contributed by atoms with Crippen LogP contribution in [0.25, 0.3) is 0 Å². The summed E-state index contributed by atoms with van der Waals surface area (Å²) in [5, 5.41) is 16.9. The van der Waals surface area contributed by atoms with Crippen LogP contribution in [-0.4, -0.2) is 121 Å². The fourth-order valence-corrected chi connectivity index (χ4v) is 0.506. The van der Waals surface area contributed by atoms with Crippen LogP contribution < -0.4 is 5.73 Å². The fourth-order valence-electron chi connectivity index (χ4n) is 0.506. The van der Waals surface area contributed by atoms with Crippen molar-refractivity contribution in [1.82, 2.24) is 0 Å². The molecule has 0 bridgehead atoms. The number of hydrogen-bond donors (Lipinski definition) is 3. The van der Waals surface area contributed by atoms with Gasteiger partial charge in [-0.25, -0.2) is 4.79 Å². The summed E-state index contributed by atoms with van der Waals surface area (Å²) >= 11 is 0. The molecule has 0 aromatic rings. The Morgan fingerprint density at radius 3 is 2.12 bits per heavy atom. The summed E-state index contributed by atoms with van der Waals surface area (Å²) in [4.78, 5) is 31.6. The molecule has 1 unspecified atom stereocenters. The summed E-state index contributed by atoms with van der Waals surface area (Å²) in [5.74, 6) is -3.58. The van der Waals surface area contributed by atoms with E-state index in [0.29, 0.717) is 0 Å². The van der Waals surface area contributed by atoms with Crippen LogP contribution in [0.3, 0.4) is 0 Å². The zero-order chi connectivity index (χ0) is 11.3. The Hall–Kier alpha value is 1.17. The summed E-state index contributed by atoms with van der Waals surface area (Å²) in [6.45, 7) is 1.12. The van der Waals surface area contributed by atoms with Crippen molar-refractivity contribution in [2.24, 2.45) is 5.73 Å². The third-order valence-electron chi connectivity index (χ3n) is 1.26. The van der Waals surface area contributed by atoms with Gasteiger partial charge in [0.25, 0.3) is 0 Å². The van der Waals surface area contributed by atoms with Crippen molar-refractivity contribution >= 4 is 98.8 Å². The summed E-state index contributed by atoms with van der Waals surface area (Å²) in [6.07, 6.45) is -2.05. The molecule has 0 aliphatic heterocycles. The number of rotatable bonds is 4. The molecule has 16 heavy (non-hydrogen) atoms. The second kappa shape index (κ2) is 11.3. The average molecular weight is 269 g/mol. The zero-order valence-corrected chi connectivity index (χ0v) is 7.47. The molecule has 0 amide bonds. The number of nitrogens with two attached hydrogens (primary N) is 1. The number of carboxylic acid groups (broad SMARTS) is 1. The van der Waals surface area contributed by atoms with Gasteiger partial charge in [-0.05, 0) is 6.92 Å². The molecular formula is C7H13KNNaO6. The average Bonchev–Trinajstić information content (AvgIpc) is 2.03. The predicted octanol–water partition coefficient (Wildman–Crippen LogP) is -3.06. The number of aliphatic hydroxyl groups is 1. The summed E-state index contributed by atoms with van der Waals surface area (Å²) in [5.41, 5.74) is 5.00. The van der Waals surface area contributed by atoms with Crippen LogP contribution in [0.4, 0.5) is 0 Å². The van der Waals surface area contributed by atoms with E-state index in [1.54, 1.807) is 0 Å². The van der Waals surface area contributed by atoms with Gasteiger partial charge in [-0.2, -0.15) is 0 Å². The molecule has 0 aliphatic rings. The Balaban J connectivity index is -0.000000845. The number of carboxylic acids is 1. The maximum absolute atomic E-state index is 10.8. The van der Waals surface area contributed by atoms with Crippen LogP contribution in [-0.2, 0) is 19.1 Å². The second-order valence-corrected chi connectivity index (χ2v) is 2.62. The molecule has 0 aliphatic carbocycles. The van der Waals surface area contributed by atoms with E-state index < -0.39 is 36.5 Å². The number of carbonyl (C=O) groups excluding carboxylic acids is 2. The van der Waals surface area contributed by atoms with Crippen LogP contribution in [0, 0.1) is 0 Å². The number of aliphatic carboxylic acids is 1. The van der Waals surface area contributed by atoms with Gasteiger partial charge in [0, 0.05) is 0 Å². The van der Waals surface area contributed by atoms with E-state index in [4.69, 9.17) is 15.9 Å². The van der Waals surface area contributed by atoms with Crippen molar-refractivity contribution in [2.45, 2.75) is 25.5 Å². The Bertz CT molecular complexity index is 259. The second-order valence-electron chi connectivity index (χ2n) is 2.62. The predicted molar refractivity (Wildman–Crippen MR) is 57.3 cm³/mol. The van der Waals surface area contributed by atoms with Crippen molar-refractivity contribution in [2.75, 3.05) is 0 Å². The van der Waals surface area contributed by atoms with E-state index >= 15 is 0 Å². The number of ether oxygens (including phenoxy) is 1. The molecule has 0 fully saturated rings. The van der Waals surface area contributed by atoms with Gasteiger partial charge < -0.3 is 20.7 Å². The Morgan fingerprint density at radius 2 is 1.81 bits per heavy atom. The molecule has 0 saturated carbocycles. The van der Waals surface area contributed by atoms with E-state index in [2.05, 4.69) is 4.74 Å². The molecule has 9 heteroatoms. The quantitative estimate of drug-likeness (QED) is 0.281. The normalized spacial score (nSPS) is 12.4. The van der Waals surface area contributed by atoms with Gasteiger partial charge in [0.05, 0.1) is 6.42 Å². The monoisotopic (exact) mass is 269 g/mol. The van der Waals surface area contributed by atoms with Crippen LogP contribution in [0.2, 0.25) is 0 Å². The molecular weight excluding hydrogens is 256 g/mol. The molecule has 0 radical (unpaired) electrons. The molecule has 0 heterocycles. The maximum atomic E-state index is 10.8. The molecule has 2 atom stereocenters. The third-order valence-corrected chi connectivity index (χ3v) is 1.26. The van der Waals surface area contributed by atoms with Gasteiger partial charge in [0.15, 0.2) is 0 Å². The number of esters is 2. The van der Waals surface area contributed by atoms with Crippen molar-refractivity contribution < 1.29 is 29.3 Å². The minimum atomic E-state index is -1.43. The van der Waals surface area contributed by atoms with Crippen LogP contribution >= 0.6 is 0 Å². The molecule has 0 aromatic carbocycles. The van der Waals surface area contributed by atoms with Gasteiger partial charge in [-0.1, -0.05) is 0 Å². The first kappa shape index (κ1) is 22.4. The van der Waals surface area contributed by atoms with E-state index in [9.17, 15) is 14.4 Å². The van der Waals surface area contributed by atoms with Crippen LogP contribution in [0.1, 0.15) is 13.3 Å². The van der Waals surface area contributed by atoms with Crippen molar-refractivity contribution in [3.8, 4) is 0 Å². The van der Waals surface area contributed by atoms with Crippen molar-refractivity contribution in [1.29, 1.82) is 0 Å². The minimum absolute atomic E-state index is 0. The molecule has 0 aromatic heterocycles. The first-order valence-electron chi connectivity index (χ1n) is 3.75. The Morgan fingerprint density at radius 1 is 1.38 bits per heavy atom. The SMILES string of the molecule is CC(O)C(=O)OC(=O)C[C@H](N)C(=O)O.[KH].[NaH]. The molecule has 0 saturated heterocycles. The van der Waals surface area contributed by atoms with Crippen molar-refractivity contribution in [3.63, 3.8) is 0 Å². The molecule has 4 N–H and O–H groups in total.